The fourth-order valence-corrected chi connectivity index (χ4v) is 3.61. The summed E-state index contributed by atoms with van der Waals surface area (Å²) in [7, 11) is 1.37. The summed E-state index contributed by atoms with van der Waals surface area (Å²) >= 11 is 7.63. The van der Waals surface area contributed by atoms with Crippen molar-refractivity contribution in [3.05, 3.63) is 56.7 Å². The Balaban J connectivity index is 1.97. The van der Waals surface area contributed by atoms with Crippen LogP contribution in [0.5, 0.6) is 0 Å². The van der Waals surface area contributed by atoms with Gasteiger partial charge in [-0.1, -0.05) is 29.8 Å². The average molecular weight is 324 g/mol. The van der Waals surface area contributed by atoms with E-state index in [2.05, 4.69) is 0 Å². The van der Waals surface area contributed by atoms with E-state index in [4.69, 9.17) is 19.1 Å². The number of methoxy groups -OCH3 is 1. The third-order valence-electron chi connectivity index (χ3n) is 3.69. The third-order valence-corrected chi connectivity index (χ3v) is 4.93. The Labute approximate surface area is 135 Å². The molecule has 3 nitrogen and oxygen atoms in total. The van der Waals surface area contributed by atoms with Crippen LogP contribution in [0.4, 0.5) is 0 Å². The van der Waals surface area contributed by atoms with Gasteiger partial charge in [0.05, 0.1) is 9.85 Å². The largest absolute Gasteiger partial charge is 0.468 e. The highest BCUT2D eigenvalue weighted by Gasteiger charge is 2.32. The van der Waals surface area contributed by atoms with Crippen molar-refractivity contribution in [3.8, 4) is 0 Å². The zero-order chi connectivity index (χ0) is 16.6. The van der Waals surface area contributed by atoms with E-state index >= 15 is 0 Å². The van der Waals surface area contributed by atoms with Gasteiger partial charge in [0.15, 0.2) is 0 Å². The molecule has 5 heteroatoms. The first kappa shape index (κ1) is 12.2. The Bertz CT molecular complexity index is 750. The number of carbonyl (C=O) groups excluding carboxylic acids is 1. The first-order valence-corrected chi connectivity index (χ1v) is 7.86. The molecule has 1 aromatic carbocycles. The first-order chi connectivity index (χ1) is 11.0. The fourth-order valence-electron chi connectivity index (χ4n) is 2.64. The summed E-state index contributed by atoms with van der Waals surface area (Å²) in [5.41, 5.74) is 1.55. The van der Waals surface area contributed by atoms with Crippen LogP contribution >= 0.6 is 22.9 Å². The summed E-state index contributed by atoms with van der Waals surface area (Å²) in [6.45, 7) is 1.12. The van der Waals surface area contributed by atoms with Crippen LogP contribution in [-0.2, 0) is 22.5 Å². The van der Waals surface area contributed by atoms with Crippen LogP contribution in [0, 0.1) is 0 Å². The Hall–Kier alpha value is -1.36. The van der Waals surface area contributed by atoms with E-state index < -0.39 is 6.04 Å². The molecule has 3 rings (SSSR count). The van der Waals surface area contributed by atoms with Crippen LogP contribution in [0.1, 0.15) is 24.8 Å². The molecule has 110 valence electrons. The fraction of sp³-hybridized carbons (Fsp3) is 0.312. The number of rotatable bonds is 3. The van der Waals surface area contributed by atoms with E-state index in [0.717, 1.165) is 16.9 Å². The molecular formula is C16H16ClNO2S. The molecule has 0 bridgehead atoms. The number of hydrogen-bond acceptors (Lipinski definition) is 4. The zero-order valence-corrected chi connectivity index (χ0v) is 13.1. The number of benzene rings is 1. The number of halogens is 1. The lowest BCUT2D eigenvalue weighted by molar-refractivity contribution is -0.147. The number of fused-ring (bicyclic) bond motifs is 1. The van der Waals surface area contributed by atoms with Crippen molar-refractivity contribution in [1.82, 2.24) is 4.90 Å². The lowest BCUT2D eigenvalue weighted by Crippen LogP contribution is -2.38. The number of esters is 1. The third kappa shape index (κ3) is 2.84. The van der Waals surface area contributed by atoms with Crippen molar-refractivity contribution in [2.45, 2.75) is 19.0 Å². The minimum atomic E-state index is -0.602. The van der Waals surface area contributed by atoms with E-state index in [-0.39, 0.29) is 17.4 Å². The summed E-state index contributed by atoms with van der Waals surface area (Å²) in [5.74, 6) is -0.366. The number of hydrogen-bond donors (Lipinski definition) is 0. The zero-order valence-electron chi connectivity index (χ0n) is 13.6. The van der Waals surface area contributed by atoms with Gasteiger partial charge in [-0.3, -0.25) is 4.90 Å². The topological polar surface area (TPSA) is 29.5 Å². The minimum absolute atomic E-state index is 0.262. The molecule has 0 spiro atoms. The van der Waals surface area contributed by atoms with E-state index in [0.29, 0.717) is 23.7 Å². The number of thiophene rings is 1. The minimum Gasteiger partial charge on any atom is -0.468 e. The second kappa shape index (κ2) is 6.18. The van der Waals surface area contributed by atoms with Gasteiger partial charge in [0, 0.05) is 23.0 Å². The number of ether oxygens (including phenoxy) is 1. The molecule has 0 amide bonds. The summed E-state index contributed by atoms with van der Waals surface area (Å²) in [6.07, 6.45) is 0.725. The van der Waals surface area contributed by atoms with Gasteiger partial charge < -0.3 is 4.74 Å². The lowest BCUT2D eigenvalue weighted by Gasteiger charge is -2.33. The maximum atomic E-state index is 12.4. The Kier molecular flexibility index (Phi) is 3.59. The van der Waals surface area contributed by atoms with E-state index in [9.17, 15) is 4.79 Å². The highest BCUT2D eigenvalue weighted by Crippen LogP contribution is 2.33. The molecule has 0 radical (unpaired) electrons. The molecule has 1 atom stereocenters. The molecule has 2 aromatic rings. The van der Waals surface area contributed by atoms with Crippen molar-refractivity contribution in [2.75, 3.05) is 13.7 Å². The quantitative estimate of drug-likeness (QED) is 0.807. The van der Waals surface area contributed by atoms with E-state index in [1.54, 1.807) is 6.07 Å². The highest BCUT2D eigenvalue weighted by molar-refractivity contribution is 7.10. The van der Waals surface area contributed by atoms with Gasteiger partial charge in [0.1, 0.15) is 6.04 Å². The summed E-state index contributed by atoms with van der Waals surface area (Å²) in [4.78, 5) is 15.4. The average Bonchev–Trinajstić information content (AvgIpc) is 2.84. The SMILES string of the molecule is [2H]c1sc2c(c1[2H])CN([C@H](C(=O)OC)c1ccccc1Cl)CC2. The van der Waals surface area contributed by atoms with Crippen LogP contribution in [0.2, 0.25) is 5.02 Å². The van der Waals surface area contributed by atoms with Crippen molar-refractivity contribution < 1.29 is 12.3 Å². The molecule has 0 saturated heterocycles. The second-order valence-corrected chi connectivity index (χ2v) is 6.21. The van der Waals surface area contributed by atoms with E-state index in [1.165, 1.54) is 18.4 Å². The molecule has 0 saturated carbocycles. The Morgan fingerprint density at radius 1 is 1.52 bits per heavy atom. The van der Waals surface area contributed by atoms with Crippen molar-refractivity contribution >= 4 is 28.9 Å². The summed E-state index contributed by atoms with van der Waals surface area (Å²) in [5, 5.41) is 0.801. The van der Waals surface area contributed by atoms with Gasteiger partial charge in [-0.05, 0) is 35.0 Å². The van der Waals surface area contributed by atoms with Gasteiger partial charge in [-0.25, -0.2) is 4.79 Å². The molecular weight excluding hydrogens is 306 g/mol. The van der Waals surface area contributed by atoms with Crippen LogP contribution in [0.15, 0.2) is 35.7 Å². The van der Waals surface area contributed by atoms with Crippen molar-refractivity contribution in [2.24, 2.45) is 0 Å². The van der Waals surface area contributed by atoms with Gasteiger partial charge in [-0.15, -0.1) is 11.3 Å². The summed E-state index contributed by atoms with van der Waals surface area (Å²) < 4.78 is 20.8. The molecule has 1 aliphatic rings. The smallest absolute Gasteiger partial charge is 0.327 e. The molecule has 1 aliphatic heterocycles. The van der Waals surface area contributed by atoms with Crippen LogP contribution in [0.25, 0.3) is 0 Å². The van der Waals surface area contributed by atoms with Crippen molar-refractivity contribution in [3.63, 3.8) is 0 Å². The second-order valence-electron chi connectivity index (χ2n) is 4.90. The maximum absolute atomic E-state index is 12.4. The molecule has 0 aliphatic carbocycles. The van der Waals surface area contributed by atoms with Crippen LogP contribution in [-0.4, -0.2) is 24.5 Å². The molecule has 2 heterocycles. The first-order valence-electron chi connectivity index (χ1n) is 7.67. The predicted molar refractivity (Wildman–Crippen MR) is 84.6 cm³/mol. The molecule has 0 N–H and O–H groups in total. The number of carbonyl (C=O) groups is 1. The van der Waals surface area contributed by atoms with Crippen molar-refractivity contribution in [1.29, 1.82) is 0 Å². The van der Waals surface area contributed by atoms with Gasteiger partial charge in [-0.2, -0.15) is 0 Å². The van der Waals surface area contributed by atoms with Gasteiger partial charge in [0.25, 0.3) is 0 Å². The standard InChI is InChI=1S/C16H16ClNO2S/c1-20-16(19)15(12-4-2-3-5-13(12)17)18-8-6-14-11(10-18)7-9-21-14/h2-5,7,9,15H,6,8,10H2,1H3/t15-/m0/s1/i7D,9D. The normalized spacial score (nSPS) is 17.6. The van der Waals surface area contributed by atoms with E-state index in [1.807, 2.05) is 23.1 Å². The highest BCUT2D eigenvalue weighted by atomic mass is 35.5. The molecule has 0 unspecified atom stereocenters. The maximum Gasteiger partial charge on any atom is 0.327 e. The summed E-state index contributed by atoms with van der Waals surface area (Å²) in [6, 6.07) is 6.90. The van der Waals surface area contributed by atoms with Gasteiger partial charge in [0.2, 0.25) is 0 Å². The monoisotopic (exact) mass is 323 g/mol. The predicted octanol–water partition coefficient (Wildman–Crippen LogP) is 3.67. The lowest BCUT2D eigenvalue weighted by atomic mass is 10.0. The molecule has 21 heavy (non-hydrogen) atoms. The Morgan fingerprint density at radius 2 is 2.33 bits per heavy atom. The molecule has 1 aromatic heterocycles. The van der Waals surface area contributed by atoms with Crippen LogP contribution in [0.3, 0.4) is 0 Å². The Morgan fingerprint density at radius 3 is 3.10 bits per heavy atom. The van der Waals surface area contributed by atoms with Crippen LogP contribution < -0.4 is 0 Å². The van der Waals surface area contributed by atoms with Gasteiger partial charge >= 0.3 is 5.97 Å². The molecule has 0 fully saturated rings. The number of nitrogens with zero attached hydrogens (tertiary/aromatic N) is 1.